The Morgan fingerprint density at radius 2 is 1.58 bits per heavy atom. The maximum absolute atomic E-state index is 5.60. The molecule has 0 heterocycles. The first-order valence-electron chi connectivity index (χ1n) is 6.25. The maximum atomic E-state index is 5.60. The molecule has 2 rings (SSSR count). The van der Waals surface area contributed by atoms with Crippen LogP contribution in [0.1, 0.15) is 23.6 Å². The minimum Gasteiger partial charge on any atom is -0.122 e. The zero-order valence-electron chi connectivity index (χ0n) is 11.2. The van der Waals surface area contributed by atoms with Crippen LogP contribution >= 0.6 is 11.6 Å². The van der Waals surface area contributed by atoms with Crippen molar-refractivity contribution in [2.24, 2.45) is 0 Å². The Hall–Kier alpha value is -1.79. The summed E-state index contributed by atoms with van der Waals surface area (Å²) >= 11 is 5.60. The predicted octanol–water partition coefficient (Wildman–Crippen LogP) is 5.79. The summed E-state index contributed by atoms with van der Waals surface area (Å²) < 4.78 is 0. The van der Waals surface area contributed by atoms with Crippen LogP contribution in [0.25, 0.3) is 12.2 Å². The zero-order chi connectivity index (χ0) is 13.9. The Bertz CT molecular complexity index is 495. The van der Waals surface area contributed by atoms with E-state index in [4.69, 9.17) is 11.6 Å². The molecule has 19 heavy (non-hydrogen) atoms. The van der Waals surface area contributed by atoms with Gasteiger partial charge < -0.3 is 0 Å². The van der Waals surface area contributed by atoms with Gasteiger partial charge in [-0.15, -0.1) is 11.6 Å². The Kier molecular flexibility index (Phi) is 7.38. The fourth-order valence-corrected chi connectivity index (χ4v) is 1.68. The van der Waals surface area contributed by atoms with Gasteiger partial charge in [-0.2, -0.15) is 0 Å². The molecule has 2 aromatic rings. The van der Waals surface area contributed by atoms with Crippen LogP contribution < -0.4 is 0 Å². The summed E-state index contributed by atoms with van der Waals surface area (Å²) in [7, 11) is 0. The van der Waals surface area contributed by atoms with Gasteiger partial charge >= 0.3 is 0 Å². The molecule has 0 aromatic heterocycles. The van der Waals surface area contributed by atoms with Crippen molar-refractivity contribution >= 4 is 23.8 Å². The van der Waals surface area contributed by atoms with Crippen molar-refractivity contribution in [3.63, 3.8) is 0 Å². The van der Waals surface area contributed by atoms with Crippen LogP contribution in [0.4, 0.5) is 0 Å². The third-order valence-corrected chi connectivity index (χ3v) is 2.84. The van der Waals surface area contributed by atoms with Crippen LogP contribution in [0.2, 0.25) is 0 Å². The van der Waals surface area contributed by atoms with E-state index < -0.39 is 0 Å². The van der Waals surface area contributed by atoms with E-state index in [1.54, 1.807) is 0 Å². The van der Waals surface area contributed by atoms with Crippen molar-refractivity contribution < 1.29 is 0 Å². The highest BCUT2D eigenvalue weighted by Crippen LogP contribution is 2.06. The third kappa shape index (κ3) is 6.08. The number of alkyl halides is 1. The Labute approximate surface area is 121 Å². The lowest BCUT2D eigenvalue weighted by atomic mass is 10.1. The highest BCUT2D eigenvalue weighted by molar-refractivity contribution is 6.17. The van der Waals surface area contributed by atoms with Gasteiger partial charge in [0, 0.05) is 5.88 Å². The molecule has 0 saturated carbocycles. The van der Waals surface area contributed by atoms with Crippen LogP contribution in [0.5, 0.6) is 0 Å². The van der Waals surface area contributed by atoms with Gasteiger partial charge in [0.05, 0.1) is 0 Å². The average Bonchev–Trinajstić information content (AvgIpc) is 2.49. The molecule has 0 amide bonds. The second-order valence-corrected chi connectivity index (χ2v) is 4.26. The minimum absolute atomic E-state index is 0.581. The number of halogens is 1. The standard InChI is InChI=1S/C9H9Cl.C9H10/c1-2-8-3-5-9(7-10)6-4-8;1-2-6-9-7-4-3-5-8-9/h2-6H,1,7H2;2-8H,1H3/b;6-2+. The second-order valence-electron chi connectivity index (χ2n) is 3.99. The van der Waals surface area contributed by atoms with Crippen LogP contribution in [-0.4, -0.2) is 0 Å². The van der Waals surface area contributed by atoms with Crippen molar-refractivity contribution in [3.05, 3.63) is 83.9 Å². The molecule has 0 bridgehead atoms. The Balaban J connectivity index is 0.000000191. The lowest BCUT2D eigenvalue weighted by Crippen LogP contribution is -1.76. The molecule has 0 radical (unpaired) electrons. The monoisotopic (exact) mass is 270 g/mol. The molecule has 0 atom stereocenters. The number of rotatable bonds is 3. The molecule has 0 unspecified atom stereocenters. The van der Waals surface area contributed by atoms with Crippen LogP contribution in [0.3, 0.4) is 0 Å². The third-order valence-electron chi connectivity index (χ3n) is 2.53. The molecular formula is C18H19Cl. The topological polar surface area (TPSA) is 0 Å². The van der Waals surface area contributed by atoms with Crippen molar-refractivity contribution in [2.45, 2.75) is 12.8 Å². The van der Waals surface area contributed by atoms with E-state index in [-0.39, 0.29) is 0 Å². The second kappa shape index (κ2) is 9.18. The normalized spacial score (nSPS) is 9.79. The van der Waals surface area contributed by atoms with Gasteiger partial charge in [0.2, 0.25) is 0 Å². The Morgan fingerprint density at radius 3 is 2.05 bits per heavy atom. The van der Waals surface area contributed by atoms with E-state index in [0.29, 0.717) is 5.88 Å². The predicted molar refractivity (Wildman–Crippen MR) is 87.2 cm³/mol. The number of hydrogen-bond acceptors (Lipinski definition) is 0. The van der Waals surface area contributed by atoms with Crippen molar-refractivity contribution in [1.82, 2.24) is 0 Å². The number of allylic oxidation sites excluding steroid dienone is 1. The molecule has 0 aliphatic rings. The van der Waals surface area contributed by atoms with Crippen LogP contribution in [-0.2, 0) is 5.88 Å². The summed E-state index contributed by atoms with van der Waals surface area (Å²) in [4.78, 5) is 0. The average molecular weight is 271 g/mol. The van der Waals surface area contributed by atoms with E-state index in [1.165, 1.54) is 5.56 Å². The molecule has 0 nitrogen and oxygen atoms in total. The first-order valence-corrected chi connectivity index (χ1v) is 6.78. The van der Waals surface area contributed by atoms with Crippen LogP contribution in [0, 0.1) is 0 Å². The molecule has 0 N–H and O–H groups in total. The van der Waals surface area contributed by atoms with Gasteiger partial charge in [-0.25, -0.2) is 0 Å². The molecule has 1 heteroatoms. The first-order chi connectivity index (χ1) is 9.30. The smallest absolute Gasteiger partial charge is 0.0474 e. The van der Waals surface area contributed by atoms with E-state index in [0.717, 1.165) is 11.1 Å². The summed E-state index contributed by atoms with van der Waals surface area (Å²) in [6.07, 6.45) is 5.94. The summed E-state index contributed by atoms with van der Waals surface area (Å²) in [5.74, 6) is 0.581. The van der Waals surface area contributed by atoms with Gasteiger partial charge in [0.15, 0.2) is 0 Å². The largest absolute Gasteiger partial charge is 0.122 e. The number of hydrogen-bond donors (Lipinski definition) is 0. The van der Waals surface area contributed by atoms with Crippen molar-refractivity contribution in [2.75, 3.05) is 0 Å². The lowest BCUT2D eigenvalue weighted by molar-refractivity contribution is 1.40. The van der Waals surface area contributed by atoms with Crippen molar-refractivity contribution in [1.29, 1.82) is 0 Å². The molecule has 2 aromatic carbocycles. The molecular weight excluding hydrogens is 252 g/mol. The molecule has 98 valence electrons. The number of benzene rings is 2. The minimum atomic E-state index is 0.581. The van der Waals surface area contributed by atoms with Crippen molar-refractivity contribution in [3.8, 4) is 0 Å². The van der Waals surface area contributed by atoms with E-state index in [9.17, 15) is 0 Å². The summed E-state index contributed by atoms with van der Waals surface area (Å²) in [5, 5.41) is 0. The van der Waals surface area contributed by atoms with Gasteiger partial charge in [0.25, 0.3) is 0 Å². The molecule has 0 aliphatic heterocycles. The van der Waals surface area contributed by atoms with E-state index in [1.807, 2.05) is 61.5 Å². The Morgan fingerprint density at radius 1 is 0.947 bits per heavy atom. The zero-order valence-corrected chi connectivity index (χ0v) is 12.0. The fraction of sp³-hybridized carbons (Fsp3) is 0.111. The van der Waals surface area contributed by atoms with Gasteiger partial charge in [-0.05, 0) is 23.6 Å². The quantitative estimate of drug-likeness (QED) is 0.620. The summed E-state index contributed by atoms with van der Waals surface area (Å²) in [6, 6.07) is 18.3. The van der Waals surface area contributed by atoms with Crippen LogP contribution in [0.15, 0.2) is 67.3 Å². The van der Waals surface area contributed by atoms with E-state index in [2.05, 4.69) is 24.8 Å². The molecule has 0 spiro atoms. The van der Waals surface area contributed by atoms with Gasteiger partial charge in [-0.3, -0.25) is 0 Å². The first kappa shape index (κ1) is 15.3. The highest BCUT2D eigenvalue weighted by Gasteiger charge is 1.87. The summed E-state index contributed by atoms with van der Waals surface area (Å²) in [6.45, 7) is 5.67. The molecule has 0 saturated heterocycles. The maximum Gasteiger partial charge on any atom is 0.0474 e. The van der Waals surface area contributed by atoms with E-state index >= 15 is 0 Å². The fourth-order valence-electron chi connectivity index (χ4n) is 1.50. The highest BCUT2D eigenvalue weighted by atomic mass is 35.5. The summed E-state index contributed by atoms with van der Waals surface area (Å²) in [5.41, 5.74) is 3.54. The lowest BCUT2D eigenvalue weighted by Gasteiger charge is -1.94. The van der Waals surface area contributed by atoms with Gasteiger partial charge in [-0.1, -0.05) is 79.4 Å². The SMILES string of the molecule is C/C=C/c1ccccc1.C=Cc1ccc(CCl)cc1. The molecule has 0 aliphatic carbocycles. The molecule has 0 fully saturated rings. The van der Waals surface area contributed by atoms with Gasteiger partial charge in [0.1, 0.15) is 0 Å².